The molecule has 2 aliphatic rings. The second-order valence-electron chi connectivity index (χ2n) is 12.4. The van der Waals surface area contributed by atoms with E-state index in [1.54, 1.807) is 21.1 Å². The third-order valence-electron chi connectivity index (χ3n) is 8.44. The zero-order valence-electron chi connectivity index (χ0n) is 27.3. The Morgan fingerprint density at radius 2 is 1.86 bits per heavy atom. The van der Waals surface area contributed by atoms with E-state index in [9.17, 15) is 4.79 Å². The van der Waals surface area contributed by atoms with Crippen LogP contribution in [0.1, 0.15) is 62.6 Å². The van der Waals surface area contributed by atoms with Gasteiger partial charge in [-0.2, -0.15) is 0 Å². The topological polar surface area (TPSA) is 90.5 Å². The number of carbonyl (C=O) groups excluding carboxylic acids is 1. The molecular formula is C35H53N3O6. The molecule has 9 heteroatoms. The van der Waals surface area contributed by atoms with Crippen LogP contribution in [0.25, 0.3) is 0 Å². The van der Waals surface area contributed by atoms with Gasteiger partial charge in [0.05, 0.1) is 44.8 Å². The molecule has 0 spiro atoms. The molecule has 5 atom stereocenters. The van der Waals surface area contributed by atoms with Crippen molar-refractivity contribution < 1.29 is 28.5 Å². The molecule has 2 aliphatic heterocycles. The van der Waals surface area contributed by atoms with Crippen molar-refractivity contribution in [1.29, 1.82) is 0 Å². The summed E-state index contributed by atoms with van der Waals surface area (Å²) in [5, 5.41) is 6.75. The summed E-state index contributed by atoms with van der Waals surface area (Å²) in [6.07, 6.45) is 2.80. The molecule has 2 aromatic rings. The first kappa shape index (κ1) is 34.2. The lowest BCUT2D eigenvalue weighted by Gasteiger charge is -2.38. The number of carbonyl (C=O) groups is 1. The molecule has 244 valence electrons. The number of rotatable bonds is 17. The van der Waals surface area contributed by atoms with Crippen molar-refractivity contribution >= 4 is 11.6 Å². The molecule has 2 heterocycles. The highest BCUT2D eigenvalue weighted by molar-refractivity contribution is 5.73. The number of ether oxygens (including phenoxy) is 5. The van der Waals surface area contributed by atoms with E-state index in [0.717, 1.165) is 68.1 Å². The van der Waals surface area contributed by atoms with E-state index in [1.807, 2.05) is 0 Å². The molecule has 1 fully saturated rings. The fourth-order valence-corrected chi connectivity index (χ4v) is 6.32. The van der Waals surface area contributed by atoms with Gasteiger partial charge in [0, 0.05) is 64.8 Å². The van der Waals surface area contributed by atoms with E-state index in [0.29, 0.717) is 39.0 Å². The lowest BCUT2D eigenvalue weighted by Crippen LogP contribution is -2.49. The summed E-state index contributed by atoms with van der Waals surface area (Å²) >= 11 is 0. The summed E-state index contributed by atoms with van der Waals surface area (Å²) in [7, 11) is 3.47. The van der Waals surface area contributed by atoms with Crippen LogP contribution in [0, 0.1) is 5.92 Å². The number of piperidine rings is 1. The van der Waals surface area contributed by atoms with Crippen molar-refractivity contribution in [1.82, 2.24) is 10.6 Å². The van der Waals surface area contributed by atoms with E-state index >= 15 is 0 Å². The van der Waals surface area contributed by atoms with Crippen LogP contribution in [0.2, 0.25) is 0 Å². The lowest BCUT2D eigenvalue weighted by molar-refractivity contribution is -0.119. The Morgan fingerprint density at radius 3 is 2.61 bits per heavy atom. The van der Waals surface area contributed by atoms with Gasteiger partial charge in [0.2, 0.25) is 5.91 Å². The standard InChI is InChI=1S/C35H53N3O6/c1-25(21-41-5)22-42-23-28-7-10-30(11-8-28)32-19-31(17-26(2)37-27(3)39)36-20-35(32)44-24-29-9-12-34-33(18-29)38(14-16-43-34)13-6-15-40-4/h7-12,18,25-26,31-32,35-36H,6,13-17,19-24H2,1-5H3,(H,37,39)/t25-,26?,31-,32+,35-/m0/s1. The highest BCUT2D eigenvalue weighted by Crippen LogP contribution is 2.35. The Kier molecular flexibility index (Phi) is 13.8. The zero-order valence-corrected chi connectivity index (χ0v) is 27.3. The third-order valence-corrected chi connectivity index (χ3v) is 8.44. The Morgan fingerprint density at radius 1 is 1.07 bits per heavy atom. The minimum Gasteiger partial charge on any atom is -0.490 e. The molecule has 0 aliphatic carbocycles. The molecule has 0 radical (unpaired) electrons. The Balaban J connectivity index is 1.42. The van der Waals surface area contributed by atoms with Crippen LogP contribution in [-0.4, -0.2) is 84.4 Å². The molecule has 1 amide bonds. The molecule has 0 bridgehead atoms. The van der Waals surface area contributed by atoms with Crippen LogP contribution in [0.15, 0.2) is 42.5 Å². The molecular weight excluding hydrogens is 558 g/mol. The maximum Gasteiger partial charge on any atom is 0.217 e. The van der Waals surface area contributed by atoms with Crippen molar-refractivity contribution in [3.63, 3.8) is 0 Å². The van der Waals surface area contributed by atoms with Crippen LogP contribution < -0.4 is 20.3 Å². The quantitative estimate of drug-likeness (QED) is 0.250. The van der Waals surface area contributed by atoms with Gasteiger partial charge in [-0.25, -0.2) is 0 Å². The van der Waals surface area contributed by atoms with Gasteiger partial charge in [0.25, 0.3) is 0 Å². The Hall–Kier alpha value is -2.69. The molecule has 2 N–H and O–H groups in total. The predicted octanol–water partition coefficient (Wildman–Crippen LogP) is 4.67. The van der Waals surface area contributed by atoms with Crippen molar-refractivity contribution in [3.8, 4) is 5.75 Å². The molecule has 2 aromatic carbocycles. The first-order chi connectivity index (χ1) is 21.4. The molecule has 0 aromatic heterocycles. The van der Waals surface area contributed by atoms with Crippen LogP contribution in [0.3, 0.4) is 0 Å². The first-order valence-corrected chi connectivity index (χ1v) is 16.1. The molecule has 1 saturated heterocycles. The maximum atomic E-state index is 11.6. The van der Waals surface area contributed by atoms with Crippen LogP contribution >= 0.6 is 0 Å². The van der Waals surface area contributed by atoms with Crippen molar-refractivity contribution in [2.45, 2.75) is 77.4 Å². The zero-order chi connectivity index (χ0) is 31.3. The van der Waals surface area contributed by atoms with E-state index in [4.69, 9.17) is 23.7 Å². The second-order valence-corrected chi connectivity index (χ2v) is 12.4. The van der Waals surface area contributed by atoms with Gasteiger partial charge in [-0.1, -0.05) is 37.3 Å². The predicted molar refractivity (Wildman–Crippen MR) is 173 cm³/mol. The molecule has 9 nitrogen and oxygen atoms in total. The maximum absolute atomic E-state index is 11.6. The SMILES string of the molecule is COCCCN1CCOc2ccc(CO[C@H]3CN[C@@H](CC(C)NC(C)=O)C[C@@H]3c3ccc(COC[C@@H](C)COC)cc3)cc21. The van der Waals surface area contributed by atoms with Crippen molar-refractivity contribution in [2.24, 2.45) is 5.92 Å². The van der Waals surface area contributed by atoms with E-state index < -0.39 is 0 Å². The summed E-state index contributed by atoms with van der Waals surface area (Å²) in [5.41, 5.74) is 4.70. The van der Waals surface area contributed by atoms with Crippen LogP contribution in [-0.2, 0) is 37.0 Å². The first-order valence-electron chi connectivity index (χ1n) is 16.1. The van der Waals surface area contributed by atoms with E-state index in [2.05, 4.69) is 71.8 Å². The number of benzene rings is 2. The molecule has 44 heavy (non-hydrogen) atoms. The average Bonchev–Trinajstić information content (AvgIpc) is 3.00. The number of nitrogens with zero attached hydrogens (tertiary/aromatic N) is 1. The lowest BCUT2D eigenvalue weighted by atomic mass is 9.82. The third kappa shape index (κ3) is 10.4. The van der Waals surface area contributed by atoms with Crippen molar-refractivity contribution in [3.05, 3.63) is 59.2 Å². The normalized spacial score (nSPS) is 21.3. The van der Waals surface area contributed by atoms with E-state index in [1.165, 1.54) is 5.56 Å². The fourth-order valence-electron chi connectivity index (χ4n) is 6.32. The van der Waals surface area contributed by atoms with Gasteiger partial charge in [-0.05, 0) is 55.0 Å². The van der Waals surface area contributed by atoms with E-state index in [-0.39, 0.29) is 30.0 Å². The number of hydrogen-bond acceptors (Lipinski definition) is 8. The minimum atomic E-state index is 0.00760. The van der Waals surface area contributed by atoms with Gasteiger partial charge < -0.3 is 39.2 Å². The smallest absolute Gasteiger partial charge is 0.217 e. The fraction of sp³-hybridized carbons (Fsp3) is 0.629. The average molecular weight is 612 g/mol. The Labute approximate surface area is 263 Å². The van der Waals surface area contributed by atoms with Gasteiger partial charge >= 0.3 is 0 Å². The van der Waals surface area contributed by atoms with Crippen LogP contribution in [0.5, 0.6) is 5.75 Å². The summed E-state index contributed by atoms with van der Waals surface area (Å²) in [5.74, 6) is 1.54. The van der Waals surface area contributed by atoms with Gasteiger partial charge in [-0.3, -0.25) is 4.79 Å². The molecule has 1 unspecified atom stereocenters. The summed E-state index contributed by atoms with van der Waals surface area (Å²) < 4.78 is 29.0. The highest BCUT2D eigenvalue weighted by Gasteiger charge is 2.33. The van der Waals surface area contributed by atoms with Gasteiger partial charge in [-0.15, -0.1) is 0 Å². The number of amides is 1. The van der Waals surface area contributed by atoms with Gasteiger partial charge in [0.1, 0.15) is 12.4 Å². The monoisotopic (exact) mass is 611 g/mol. The summed E-state index contributed by atoms with van der Waals surface area (Å²) in [4.78, 5) is 14.0. The molecule has 4 rings (SSSR count). The largest absolute Gasteiger partial charge is 0.490 e. The number of nitrogens with one attached hydrogen (secondary N) is 2. The summed E-state index contributed by atoms with van der Waals surface area (Å²) in [6.45, 7) is 12.3. The van der Waals surface area contributed by atoms with Gasteiger partial charge in [0.15, 0.2) is 0 Å². The summed E-state index contributed by atoms with van der Waals surface area (Å²) in [6, 6.07) is 15.6. The number of hydrogen-bond donors (Lipinski definition) is 2. The number of methoxy groups -OCH3 is 2. The second kappa shape index (κ2) is 17.7. The van der Waals surface area contributed by atoms with Crippen LogP contribution in [0.4, 0.5) is 5.69 Å². The Bertz CT molecular complexity index is 1150. The number of anilines is 1. The minimum absolute atomic E-state index is 0.00760. The van der Waals surface area contributed by atoms with Crippen molar-refractivity contribution in [2.75, 3.05) is 65.2 Å². The molecule has 0 saturated carbocycles. The highest BCUT2D eigenvalue weighted by atomic mass is 16.5. The number of fused-ring (bicyclic) bond motifs is 1.